The van der Waals surface area contributed by atoms with Gasteiger partial charge in [-0.1, -0.05) is 36.5 Å². The number of aliphatic hydroxyl groups excluding tert-OH is 1. The summed E-state index contributed by atoms with van der Waals surface area (Å²) in [6, 6.07) is 7.84. The fraction of sp³-hybridized carbons (Fsp3) is 0.364. The van der Waals surface area contributed by atoms with E-state index < -0.39 is 0 Å². The van der Waals surface area contributed by atoms with Gasteiger partial charge >= 0.3 is 0 Å². The van der Waals surface area contributed by atoms with Crippen LogP contribution in [0.15, 0.2) is 24.3 Å². The van der Waals surface area contributed by atoms with E-state index in [1.807, 2.05) is 31.3 Å². The van der Waals surface area contributed by atoms with Crippen molar-refractivity contribution in [2.24, 2.45) is 5.73 Å². The highest BCUT2D eigenvalue weighted by atomic mass is 32.1. The first kappa shape index (κ1) is 12.1. The number of hydrogen-bond acceptors (Lipinski definition) is 3. The number of nitrogens with two attached hydrogens (primary N) is 1. The molecule has 0 saturated heterocycles. The number of likely N-dealkylation sites (N-methyl/N-ethyl adjacent to an activating group) is 1. The predicted octanol–water partition coefficient (Wildman–Crippen LogP) is 0.897. The first-order chi connectivity index (χ1) is 7.11. The average Bonchev–Trinajstić information content (AvgIpc) is 2.17. The van der Waals surface area contributed by atoms with Crippen LogP contribution in [0, 0.1) is 0 Å². The highest BCUT2D eigenvalue weighted by molar-refractivity contribution is 7.80. The molecule has 3 N–H and O–H groups in total. The molecule has 0 amide bonds. The molecule has 4 heteroatoms. The van der Waals surface area contributed by atoms with Crippen LogP contribution >= 0.6 is 12.2 Å². The van der Waals surface area contributed by atoms with Gasteiger partial charge in [0.05, 0.1) is 11.6 Å². The molecule has 0 aliphatic heterocycles. The zero-order valence-electron chi connectivity index (χ0n) is 8.81. The molecule has 1 aromatic carbocycles. The maximum Gasteiger partial charge on any atom is 0.0870 e. The summed E-state index contributed by atoms with van der Waals surface area (Å²) in [7, 11) is 1.97. The second kappa shape index (κ2) is 5.80. The van der Waals surface area contributed by atoms with Gasteiger partial charge in [0.25, 0.3) is 0 Å². The van der Waals surface area contributed by atoms with Gasteiger partial charge in [-0.05, 0) is 18.2 Å². The van der Waals surface area contributed by atoms with Crippen LogP contribution < -0.4 is 5.73 Å². The zero-order valence-corrected chi connectivity index (χ0v) is 9.63. The molecule has 0 aliphatic rings. The number of nitrogens with zero attached hydrogens (tertiary/aromatic N) is 1. The molecule has 0 spiro atoms. The Morgan fingerprint density at radius 3 is 2.33 bits per heavy atom. The molecule has 0 fully saturated rings. The Balaban J connectivity index is 2.53. The second-order valence-corrected chi connectivity index (χ2v) is 4.14. The minimum absolute atomic E-state index is 0.0863. The Hall–Kier alpha value is -0.970. The Labute approximate surface area is 95.5 Å². The van der Waals surface area contributed by atoms with E-state index in [9.17, 15) is 0 Å². The van der Waals surface area contributed by atoms with Crippen molar-refractivity contribution in [2.45, 2.75) is 13.2 Å². The average molecular weight is 224 g/mol. The van der Waals surface area contributed by atoms with E-state index in [0.29, 0.717) is 11.5 Å². The molecule has 1 aromatic rings. The van der Waals surface area contributed by atoms with E-state index in [2.05, 4.69) is 4.90 Å². The van der Waals surface area contributed by atoms with Crippen LogP contribution in [0.4, 0.5) is 0 Å². The molecule has 3 nitrogen and oxygen atoms in total. The Morgan fingerprint density at radius 1 is 1.33 bits per heavy atom. The lowest BCUT2D eigenvalue weighted by Crippen LogP contribution is -2.28. The maximum atomic E-state index is 8.89. The summed E-state index contributed by atoms with van der Waals surface area (Å²) in [5, 5.41) is 8.89. The molecule has 0 radical (unpaired) electrons. The fourth-order valence-electron chi connectivity index (χ4n) is 1.38. The van der Waals surface area contributed by atoms with Gasteiger partial charge in [-0.15, -0.1) is 0 Å². The van der Waals surface area contributed by atoms with Crippen molar-refractivity contribution in [3.63, 3.8) is 0 Å². The molecule has 0 unspecified atom stereocenters. The van der Waals surface area contributed by atoms with Gasteiger partial charge < -0.3 is 10.8 Å². The van der Waals surface area contributed by atoms with Crippen molar-refractivity contribution in [2.75, 3.05) is 13.6 Å². The largest absolute Gasteiger partial charge is 0.392 e. The summed E-state index contributed by atoms with van der Waals surface area (Å²) in [5.74, 6) is 0. The molecule has 0 aromatic heterocycles. The normalized spacial score (nSPS) is 10.6. The van der Waals surface area contributed by atoms with Gasteiger partial charge in [0.15, 0.2) is 0 Å². The van der Waals surface area contributed by atoms with Crippen LogP contribution in [0.1, 0.15) is 11.1 Å². The summed E-state index contributed by atoms with van der Waals surface area (Å²) < 4.78 is 0. The minimum atomic E-state index is 0.0863. The van der Waals surface area contributed by atoms with Crippen molar-refractivity contribution in [3.8, 4) is 0 Å². The third-order valence-electron chi connectivity index (χ3n) is 2.08. The minimum Gasteiger partial charge on any atom is -0.392 e. The van der Waals surface area contributed by atoms with Crippen LogP contribution in [0.3, 0.4) is 0 Å². The molecule has 82 valence electrons. The van der Waals surface area contributed by atoms with E-state index in [4.69, 9.17) is 23.1 Å². The molecule has 0 atom stereocenters. The standard InChI is InChI=1S/C11H16N2OS/c1-13(7-11(12)15)6-9-2-4-10(8-14)5-3-9/h2-5,14H,6-8H2,1H3,(H2,12,15). The molecule has 1 rings (SSSR count). The van der Waals surface area contributed by atoms with Crippen LogP contribution in [0.2, 0.25) is 0 Å². The predicted molar refractivity (Wildman–Crippen MR) is 65.5 cm³/mol. The third-order valence-corrected chi connectivity index (χ3v) is 2.21. The lowest BCUT2D eigenvalue weighted by molar-refractivity contribution is 0.281. The smallest absolute Gasteiger partial charge is 0.0870 e. The highest BCUT2D eigenvalue weighted by Crippen LogP contribution is 2.06. The number of thiocarbonyl (C=S) groups is 1. The lowest BCUT2D eigenvalue weighted by Gasteiger charge is -2.15. The fourth-order valence-corrected chi connectivity index (χ4v) is 1.60. The molecule has 0 saturated carbocycles. The van der Waals surface area contributed by atoms with Crippen LogP contribution in [-0.4, -0.2) is 28.6 Å². The topological polar surface area (TPSA) is 49.5 Å². The summed E-state index contributed by atoms with van der Waals surface area (Å²) >= 11 is 4.83. The van der Waals surface area contributed by atoms with E-state index in [1.54, 1.807) is 0 Å². The van der Waals surface area contributed by atoms with Crippen molar-refractivity contribution >= 4 is 17.2 Å². The summed E-state index contributed by atoms with van der Waals surface area (Å²) in [6.07, 6.45) is 0. The summed E-state index contributed by atoms with van der Waals surface area (Å²) in [4.78, 5) is 2.56. The van der Waals surface area contributed by atoms with Crippen LogP contribution in [0.25, 0.3) is 0 Å². The van der Waals surface area contributed by atoms with E-state index in [-0.39, 0.29) is 6.61 Å². The lowest BCUT2D eigenvalue weighted by atomic mass is 10.1. The highest BCUT2D eigenvalue weighted by Gasteiger charge is 2.01. The molecule has 0 bridgehead atoms. The van der Waals surface area contributed by atoms with Gasteiger partial charge in [-0.25, -0.2) is 0 Å². The third kappa shape index (κ3) is 4.38. The first-order valence-electron chi connectivity index (χ1n) is 4.77. The van der Waals surface area contributed by atoms with Crippen molar-refractivity contribution in [1.82, 2.24) is 4.90 Å². The van der Waals surface area contributed by atoms with Gasteiger partial charge in [-0.2, -0.15) is 0 Å². The van der Waals surface area contributed by atoms with Gasteiger partial charge in [0, 0.05) is 13.1 Å². The zero-order chi connectivity index (χ0) is 11.3. The maximum absolute atomic E-state index is 8.89. The van der Waals surface area contributed by atoms with Gasteiger partial charge in [0.1, 0.15) is 0 Å². The summed E-state index contributed by atoms with van der Waals surface area (Å²) in [5.41, 5.74) is 7.56. The SMILES string of the molecule is CN(CC(N)=S)Cc1ccc(CO)cc1. The number of aliphatic hydroxyl groups is 1. The molecule has 15 heavy (non-hydrogen) atoms. The molecular formula is C11H16N2OS. The number of hydrogen-bond donors (Lipinski definition) is 2. The van der Waals surface area contributed by atoms with Crippen LogP contribution in [0.5, 0.6) is 0 Å². The summed E-state index contributed by atoms with van der Waals surface area (Å²) in [6.45, 7) is 1.52. The van der Waals surface area contributed by atoms with Crippen molar-refractivity contribution in [3.05, 3.63) is 35.4 Å². The van der Waals surface area contributed by atoms with Gasteiger partial charge in [-0.3, -0.25) is 4.90 Å². The van der Waals surface area contributed by atoms with Crippen LogP contribution in [-0.2, 0) is 13.2 Å². The Morgan fingerprint density at radius 2 is 1.87 bits per heavy atom. The molecule has 0 heterocycles. The molecule has 0 aliphatic carbocycles. The number of rotatable bonds is 5. The van der Waals surface area contributed by atoms with E-state index in [1.165, 1.54) is 5.56 Å². The van der Waals surface area contributed by atoms with Gasteiger partial charge in [0.2, 0.25) is 0 Å². The van der Waals surface area contributed by atoms with Crippen molar-refractivity contribution < 1.29 is 5.11 Å². The number of benzene rings is 1. The quantitative estimate of drug-likeness (QED) is 0.730. The van der Waals surface area contributed by atoms with Crippen molar-refractivity contribution in [1.29, 1.82) is 0 Å². The Bertz CT molecular complexity index is 324. The monoisotopic (exact) mass is 224 g/mol. The molecular weight excluding hydrogens is 208 g/mol. The van der Waals surface area contributed by atoms with E-state index in [0.717, 1.165) is 12.1 Å². The first-order valence-corrected chi connectivity index (χ1v) is 5.18. The second-order valence-electron chi connectivity index (χ2n) is 3.61. The Kier molecular flexibility index (Phi) is 4.68. The van der Waals surface area contributed by atoms with E-state index >= 15 is 0 Å².